The fourth-order valence-corrected chi connectivity index (χ4v) is 3.54. The lowest BCUT2D eigenvalue weighted by Crippen LogP contribution is -2.34. The van der Waals surface area contributed by atoms with E-state index in [1.165, 1.54) is 16.7 Å². The monoisotopic (exact) mass is 318 g/mol. The molecular weight excluding hydrogens is 288 g/mol. The highest BCUT2D eigenvalue weighted by atomic mass is 16.7. The third-order valence-corrected chi connectivity index (χ3v) is 4.98. The molecule has 0 radical (unpaired) electrons. The Hall–Kier alpha value is -1.35. The van der Waals surface area contributed by atoms with Crippen molar-refractivity contribution < 1.29 is 14.6 Å². The molecule has 3 nitrogen and oxygen atoms in total. The van der Waals surface area contributed by atoms with Gasteiger partial charge in [-0.1, -0.05) is 34.9 Å². The molecule has 2 aliphatic rings. The molecule has 0 amide bonds. The van der Waals surface area contributed by atoms with Crippen molar-refractivity contribution >= 4 is 5.97 Å². The van der Waals surface area contributed by atoms with Gasteiger partial charge in [-0.05, 0) is 59.3 Å². The average molecular weight is 318 g/mol. The van der Waals surface area contributed by atoms with Gasteiger partial charge in [0.25, 0.3) is 0 Å². The summed E-state index contributed by atoms with van der Waals surface area (Å²) in [7, 11) is 0. The van der Waals surface area contributed by atoms with Gasteiger partial charge in [0.1, 0.15) is 0 Å². The predicted molar refractivity (Wildman–Crippen MR) is 92.7 cm³/mol. The Kier molecular flexibility index (Phi) is 5.85. The van der Waals surface area contributed by atoms with Crippen molar-refractivity contribution in [3.63, 3.8) is 0 Å². The van der Waals surface area contributed by atoms with Crippen LogP contribution < -0.4 is 0 Å². The predicted octanol–water partition coefficient (Wildman–Crippen LogP) is 4.68. The number of rotatable bonds is 6. The topological polar surface area (TPSA) is 46.5 Å². The van der Waals surface area contributed by atoms with Crippen LogP contribution >= 0.6 is 0 Å². The number of cyclic esters (lactones) is 1. The Labute approximate surface area is 140 Å². The molecule has 0 aromatic heterocycles. The van der Waals surface area contributed by atoms with Crippen LogP contribution in [0.15, 0.2) is 34.9 Å². The molecule has 1 aliphatic carbocycles. The molecule has 0 aromatic rings. The molecule has 0 bridgehead atoms. The maximum atomic E-state index is 11.8. The molecule has 1 aliphatic heterocycles. The first-order chi connectivity index (χ1) is 10.8. The van der Waals surface area contributed by atoms with E-state index >= 15 is 0 Å². The third kappa shape index (κ3) is 4.81. The standard InChI is InChI=1S/C20H30O3/c1-14(2)7-5-8-15(3)9-6-10-16-11-12-17-18(13-16)20(4,22)23-19(17)21/h7,9,11,17-18,22H,5-6,8,10,12-13H2,1-4H3/b15-9+. The highest BCUT2D eigenvalue weighted by Crippen LogP contribution is 2.44. The van der Waals surface area contributed by atoms with E-state index in [9.17, 15) is 9.90 Å². The van der Waals surface area contributed by atoms with Gasteiger partial charge in [0, 0.05) is 12.8 Å². The van der Waals surface area contributed by atoms with Crippen LogP contribution in [0.4, 0.5) is 0 Å². The van der Waals surface area contributed by atoms with Crippen molar-refractivity contribution in [1.82, 2.24) is 0 Å². The highest BCUT2D eigenvalue weighted by Gasteiger charge is 2.52. The van der Waals surface area contributed by atoms with E-state index < -0.39 is 5.79 Å². The van der Waals surface area contributed by atoms with Crippen molar-refractivity contribution in [2.75, 3.05) is 0 Å². The molecule has 3 heteroatoms. The molecule has 2 rings (SSSR count). The Bertz CT molecular complexity index is 533. The minimum atomic E-state index is -1.29. The van der Waals surface area contributed by atoms with Crippen LogP contribution in [0.25, 0.3) is 0 Å². The van der Waals surface area contributed by atoms with E-state index in [1.54, 1.807) is 6.92 Å². The molecule has 1 N–H and O–H groups in total. The average Bonchev–Trinajstić information content (AvgIpc) is 2.68. The first-order valence-electron chi connectivity index (χ1n) is 8.71. The van der Waals surface area contributed by atoms with Crippen molar-refractivity contribution in [3.05, 3.63) is 34.9 Å². The van der Waals surface area contributed by atoms with Gasteiger partial charge in [0.15, 0.2) is 0 Å². The summed E-state index contributed by atoms with van der Waals surface area (Å²) in [5.74, 6) is -1.78. The van der Waals surface area contributed by atoms with Crippen molar-refractivity contribution in [2.24, 2.45) is 11.8 Å². The van der Waals surface area contributed by atoms with Gasteiger partial charge < -0.3 is 9.84 Å². The number of hydrogen-bond donors (Lipinski definition) is 1. The lowest BCUT2D eigenvalue weighted by atomic mass is 9.76. The fourth-order valence-electron chi connectivity index (χ4n) is 3.54. The quantitative estimate of drug-likeness (QED) is 0.571. The Morgan fingerprint density at radius 2 is 2.09 bits per heavy atom. The summed E-state index contributed by atoms with van der Waals surface area (Å²) in [6.07, 6.45) is 12.5. The first kappa shape index (κ1) is 18.0. The van der Waals surface area contributed by atoms with Gasteiger partial charge in [-0.2, -0.15) is 0 Å². The van der Waals surface area contributed by atoms with Gasteiger partial charge in [0.2, 0.25) is 5.79 Å². The zero-order chi connectivity index (χ0) is 17.0. The van der Waals surface area contributed by atoms with E-state index in [0.29, 0.717) is 6.42 Å². The van der Waals surface area contributed by atoms with Crippen LogP contribution in [0.1, 0.15) is 66.2 Å². The number of carbonyl (C=O) groups excluding carboxylic acids is 1. The minimum Gasteiger partial charge on any atom is -0.433 e. The van der Waals surface area contributed by atoms with Gasteiger partial charge >= 0.3 is 5.97 Å². The SMILES string of the molecule is CC(C)=CCC/C(C)=C/CCC1=CCC2C(=O)OC(C)(O)C2C1. The fraction of sp³-hybridized carbons (Fsp3) is 0.650. The molecule has 23 heavy (non-hydrogen) atoms. The van der Waals surface area contributed by atoms with Crippen LogP contribution in [0.5, 0.6) is 0 Å². The maximum Gasteiger partial charge on any atom is 0.312 e. The van der Waals surface area contributed by atoms with Gasteiger partial charge in [-0.25, -0.2) is 0 Å². The summed E-state index contributed by atoms with van der Waals surface area (Å²) < 4.78 is 5.12. The second-order valence-corrected chi connectivity index (χ2v) is 7.40. The summed E-state index contributed by atoms with van der Waals surface area (Å²) in [4.78, 5) is 11.8. The second-order valence-electron chi connectivity index (χ2n) is 7.40. The maximum absolute atomic E-state index is 11.8. The van der Waals surface area contributed by atoms with E-state index in [0.717, 1.165) is 32.1 Å². The normalized spacial score (nSPS) is 30.6. The highest BCUT2D eigenvalue weighted by molar-refractivity contribution is 5.76. The van der Waals surface area contributed by atoms with E-state index in [4.69, 9.17) is 4.74 Å². The van der Waals surface area contributed by atoms with E-state index in [2.05, 4.69) is 39.0 Å². The molecular formula is C20H30O3. The third-order valence-electron chi connectivity index (χ3n) is 4.98. The number of fused-ring (bicyclic) bond motifs is 1. The molecule has 3 unspecified atom stereocenters. The summed E-state index contributed by atoms with van der Waals surface area (Å²) in [5.41, 5.74) is 4.15. The van der Waals surface area contributed by atoms with Crippen molar-refractivity contribution in [2.45, 2.75) is 72.0 Å². The molecule has 0 aromatic carbocycles. The van der Waals surface area contributed by atoms with Crippen molar-refractivity contribution in [1.29, 1.82) is 0 Å². The second kappa shape index (κ2) is 7.48. The van der Waals surface area contributed by atoms with Crippen molar-refractivity contribution in [3.8, 4) is 0 Å². The van der Waals surface area contributed by atoms with E-state index in [1.807, 2.05) is 0 Å². The number of aliphatic hydroxyl groups is 1. The number of esters is 1. The summed E-state index contributed by atoms with van der Waals surface area (Å²) in [6, 6.07) is 0. The zero-order valence-electron chi connectivity index (χ0n) is 14.9. The zero-order valence-corrected chi connectivity index (χ0v) is 14.9. The number of ether oxygens (including phenoxy) is 1. The van der Waals surface area contributed by atoms with E-state index in [-0.39, 0.29) is 17.8 Å². The van der Waals surface area contributed by atoms with Crippen LogP contribution in [0, 0.1) is 11.8 Å². The Morgan fingerprint density at radius 1 is 1.35 bits per heavy atom. The smallest absolute Gasteiger partial charge is 0.312 e. The van der Waals surface area contributed by atoms with Gasteiger partial charge in [-0.15, -0.1) is 0 Å². The lowest BCUT2D eigenvalue weighted by molar-refractivity contribution is -0.192. The molecule has 1 heterocycles. The lowest BCUT2D eigenvalue weighted by Gasteiger charge is -2.29. The molecule has 0 saturated carbocycles. The van der Waals surface area contributed by atoms with Crippen LogP contribution in [-0.4, -0.2) is 16.9 Å². The summed E-state index contributed by atoms with van der Waals surface area (Å²) >= 11 is 0. The Balaban J connectivity index is 1.82. The molecule has 1 fully saturated rings. The number of hydrogen-bond acceptors (Lipinski definition) is 3. The summed E-state index contributed by atoms with van der Waals surface area (Å²) in [5, 5.41) is 10.2. The largest absolute Gasteiger partial charge is 0.433 e. The first-order valence-corrected chi connectivity index (χ1v) is 8.71. The molecule has 1 saturated heterocycles. The summed E-state index contributed by atoms with van der Waals surface area (Å²) in [6.45, 7) is 8.08. The molecule has 0 spiro atoms. The number of carbonyl (C=O) groups is 1. The van der Waals surface area contributed by atoms with Gasteiger partial charge in [0.05, 0.1) is 5.92 Å². The molecule has 3 atom stereocenters. The number of allylic oxidation sites excluding steroid dienone is 6. The Morgan fingerprint density at radius 3 is 2.78 bits per heavy atom. The van der Waals surface area contributed by atoms with Crippen LogP contribution in [-0.2, 0) is 9.53 Å². The van der Waals surface area contributed by atoms with Crippen LogP contribution in [0.3, 0.4) is 0 Å². The minimum absolute atomic E-state index is 0.0854. The van der Waals surface area contributed by atoms with Crippen LogP contribution in [0.2, 0.25) is 0 Å². The molecule has 128 valence electrons. The van der Waals surface area contributed by atoms with Gasteiger partial charge in [-0.3, -0.25) is 4.79 Å².